The van der Waals surface area contributed by atoms with Gasteiger partial charge in [0.15, 0.2) is 0 Å². The highest BCUT2D eigenvalue weighted by molar-refractivity contribution is 5.06. The van der Waals surface area contributed by atoms with Crippen molar-refractivity contribution in [2.75, 3.05) is 0 Å². The number of hydrogen-bond acceptors (Lipinski definition) is 3. The average Bonchev–Trinajstić information content (AvgIpc) is 2.51. The molecule has 0 saturated heterocycles. The SMILES string of the molecule is CCn1nccc1C(O)CC#N. The topological polar surface area (TPSA) is 61.8 Å². The summed E-state index contributed by atoms with van der Waals surface area (Å²) in [6, 6.07) is 3.64. The van der Waals surface area contributed by atoms with Gasteiger partial charge in [-0.2, -0.15) is 10.4 Å². The van der Waals surface area contributed by atoms with Gasteiger partial charge in [-0.05, 0) is 13.0 Å². The van der Waals surface area contributed by atoms with Crippen molar-refractivity contribution in [1.29, 1.82) is 5.26 Å². The Balaban J connectivity index is 2.80. The van der Waals surface area contributed by atoms with E-state index in [1.807, 2.05) is 13.0 Å². The van der Waals surface area contributed by atoms with Gasteiger partial charge in [-0.25, -0.2) is 0 Å². The van der Waals surface area contributed by atoms with Gasteiger partial charge in [-0.15, -0.1) is 0 Å². The molecular weight excluding hydrogens is 154 g/mol. The van der Waals surface area contributed by atoms with E-state index in [0.717, 1.165) is 0 Å². The molecule has 4 nitrogen and oxygen atoms in total. The zero-order chi connectivity index (χ0) is 8.97. The number of nitrogens with zero attached hydrogens (tertiary/aromatic N) is 3. The lowest BCUT2D eigenvalue weighted by atomic mass is 10.2. The Kier molecular flexibility index (Phi) is 2.83. The van der Waals surface area contributed by atoms with Crippen molar-refractivity contribution in [3.05, 3.63) is 18.0 Å². The van der Waals surface area contributed by atoms with Gasteiger partial charge >= 0.3 is 0 Å². The Labute approximate surface area is 71.1 Å². The third kappa shape index (κ3) is 1.63. The fourth-order valence-electron chi connectivity index (χ4n) is 1.08. The summed E-state index contributed by atoms with van der Waals surface area (Å²) in [5.41, 5.74) is 0.707. The fraction of sp³-hybridized carbons (Fsp3) is 0.500. The normalized spacial score (nSPS) is 12.4. The summed E-state index contributed by atoms with van der Waals surface area (Å²) < 4.78 is 1.68. The maximum atomic E-state index is 9.44. The van der Waals surface area contributed by atoms with Crippen molar-refractivity contribution in [2.24, 2.45) is 0 Å². The highest BCUT2D eigenvalue weighted by Gasteiger charge is 2.10. The van der Waals surface area contributed by atoms with Crippen molar-refractivity contribution in [1.82, 2.24) is 9.78 Å². The molecule has 0 bridgehead atoms. The van der Waals surface area contributed by atoms with Gasteiger partial charge in [0.25, 0.3) is 0 Å². The number of aryl methyl sites for hydroxylation is 1. The van der Waals surface area contributed by atoms with Crippen molar-refractivity contribution in [3.63, 3.8) is 0 Å². The lowest BCUT2D eigenvalue weighted by Crippen LogP contribution is -2.07. The van der Waals surface area contributed by atoms with E-state index < -0.39 is 6.10 Å². The van der Waals surface area contributed by atoms with E-state index in [1.54, 1.807) is 16.9 Å². The van der Waals surface area contributed by atoms with Crippen LogP contribution in [0.1, 0.15) is 25.1 Å². The van der Waals surface area contributed by atoms with E-state index >= 15 is 0 Å². The molecule has 0 aliphatic carbocycles. The molecule has 0 aliphatic rings. The second-order valence-corrected chi connectivity index (χ2v) is 2.45. The largest absolute Gasteiger partial charge is 0.386 e. The van der Waals surface area contributed by atoms with Crippen LogP contribution in [0.5, 0.6) is 0 Å². The third-order valence-corrected chi connectivity index (χ3v) is 1.67. The standard InChI is InChI=1S/C8H11N3O/c1-2-11-7(4-6-10-11)8(12)3-5-9/h4,6,8,12H,2-3H2,1H3. The van der Waals surface area contributed by atoms with Crippen molar-refractivity contribution in [2.45, 2.75) is 26.0 Å². The summed E-state index contributed by atoms with van der Waals surface area (Å²) in [6.07, 6.45) is 1.03. The minimum atomic E-state index is -0.711. The predicted molar refractivity (Wildman–Crippen MR) is 43.1 cm³/mol. The van der Waals surface area contributed by atoms with Crippen molar-refractivity contribution in [3.8, 4) is 6.07 Å². The van der Waals surface area contributed by atoms with Crippen molar-refractivity contribution >= 4 is 0 Å². The minimum absolute atomic E-state index is 0.117. The number of nitriles is 1. The highest BCUT2D eigenvalue weighted by atomic mass is 16.3. The molecule has 0 amide bonds. The van der Waals surface area contributed by atoms with Crippen LogP contribution in [-0.2, 0) is 6.54 Å². The summed E-state index contributed by atoms with van der Waals surface area (Å²) in [5.74, 6) is 0. The monoisotopic (exact) mass is 165 g/mol. The second-order valence-electron chi connectivity index (χ2n) is 2.45. The van der Waals surface area contributed by atoms with Crippen LogP contribution in [0.4, 0.5) is 0 Å². The number of rotatable bonds is 3. The molecule has 1 aromatic heterocycles. The van der Waals surface area contributed by atoms with Crippen LogP contribution in [0, 0.1) is 11.3 Å². The highest BCUT2D eigenvalue weighted by Crippen LogP contribution is 2.14. The fourth-order valence-corrected chi connectivity index (χ4v) is 1.08. The predicted octanol–water partition coefficient (Wildman–Crippen LogP) is 0.850. The maximum Gasteiger partial charge on any atom is 0.109 e. The van der Waals surface area contributed by atoms with Crippen LogP contribution in [0.15, 0.2) is 12.3 Å². The van der Waals surface area contributed by atoms with Gasteiger partial charge in [0, 0.05) is 12.7 Å². The van der Waals surface area contributed by atoms with Crippen LogP contribution in [0.3, 0.4) is 0 Å². The molecule has 0 saturated carbocycles. The van der Waals surface area contributed by atoms with Gasteiger partial charge in [0.2, 0.25) is 0 Å². The first-order chi connectivity index (χ1) is 5.79. The van der Waals surface area contributed by atoms with Crippen LogP contribution in [0.2, 0.25) is 0 Å². The average molecular weight is 165 g/mol. The molecular formula is C8H11N3O. The first-order valence-electron chi connectivity index (χ1n) is 3.86. The molecule has 1 unspecified atom stereocenters. The van der Waals surface area contributed by atoms with Crippen molar-refractivity contribution < 1.29 is 5.11 Å². The Morgan fingerprint density at radius 1 is 1.83 bits per heavy atom. The van der Waals surface area contributed by atoms with Gasteiger partial charge in [-0.3, -0.25) is 4.68 Å². The summed E-state index contributed by atoms with van der Waals surface area (Å²) in [4.78, 5) is 0. The molecule has 1 aromatic rings. The van der Waals surface area contributed by atoms with Gasteiger partial charge in [0.05, 0.1) is 18.2 Å². The lowest BCUT2D eigenvalue weighted by molar-refractivity contribution is 0.172. The quantitative estimate of drug-likeness (QED) is 0.722. The summed E-state index contributed by atoms with van der Waals surface area (Å²) >= 11 is 0. The molecule has 12 heavy (non-hydrogen) atoms. The molecule has 0 aliphatic heterocycles. The summed E-state index contributed by atoms with van der Waals surface area (Å²) in [6.45, 7) is 2.65. The zero-order valence-corrected chi connectivity index (χ0v) is 6.94. The van der Waals surface area contributed by atoms with Crippen LogP contribution in [0.25, 0.3) is 0 Å². The molecule has 0 radical (unpaired) electrons. The van der Waals surface area contributed by atoms with E-state index in [1.165, 1.54) is 0 Å². The van der Waals surface area contributed by atoms with Gasteiger partial charge in [-0.1, -0.05) is 0 Å². The molecule has 64 valence electrons. The molecule has 1 N–H and O–H groups in total. The Morgan fingerprint density at radius 2 is 2.58 bits per heavy atom. The van der Waals surface area contributed by atoms with E-state index in [-0.39, 0.29) is 6.42 Å². The Hall–Kier alpha value is -1.34. The summed E-state index contributed by atoms with van der Waals surface area (Å²) in [5, 5.41) is 21.8. The smallest absolute Gasteiger partial charge is 0.109 e. The van der Waals surface area contributed by atoms with E-state index in [0.29, 0.717) is 12.2 Å². The van der Waals surface area contributed by atoms with E-state index in [2.05, 4.69) is 5.10 Å². The zero-order valence-electron chi connectivity index (χ0n) is 6.94. The van der Waals surface area contributed by atoms with Gasteiger partial charge < -0.3 is 5.11 Å². The number of hydrogen-bond donors (Lipinski definition) is 1. The molecule has 1 atom stereocenters. The van der Waals surface area contributed by atoms with Gasteiger partial charge in [0.1, 0.15) is 6.10 Å². The van der Waals surface area contributed by atoms with Crippen LogP contribution >= 0.6 is 0 Å². The first kappa shape index (κ1) is 8.75. The lowest BCUT2D eigenvalue weighted by Gasteiger charge is -2.07. The second kappa shape index (κ2) is 3.88. The van der Waals surface area contributed by atoms with E-state index in [9.17, 15) is 5.11 Å². The molecule has 1 rings (SSSR count). The minimum Gasteiger partial charge on any atom is -0.386 e. The molecule has 0 spiro atoms. The molecule has 1 heterocycles. The number of aliphatic hydroxyl groups is 1. The summed E-state index contributed by atoms with van der Waals surface area (Å²) in [7, 11) is 0. The molecule has 0 aromatic carbocycles. The number of aliphatic hydroxyl groups excluding tert-OH is 1. The molecule has 0 fully saturated rings. The third-order valence-electron chi connectivity index (χ3n) is 1.67. The molecule has 4 heteroatoms. The maximum absolute atomic E-state index is 9.44. The Bertz CT molecular complexity index is 287. The van der Waals surface area contributed by atoms with E-state index in [4.69, 9.17) is 5.26 Å². The van der Waals surface area contributed by atoms with Crippen LogP contribution < -0.4 is 0 Å². The van der Waals surface area contributed by atoms with Crippen LogP contribution in [-0.4, -0.2) is 14.9 Å². The Morgan fingerprint density at radius 3 is 3.17 bits per heavy atom. The first-order valence-corrected chi connectivity index (χ1v) is 3.86. The number of aromatic nitrogens is 2.